The van der Waals surface area contributed by atoms with Crippen LogP contribution >= 0.6 is 0 Å². The van der Waals surface area contributed by atoms with Crippen molar-refractivity contribution in [2.75, 3.05) is 19.7 Å². The van der Waals surface area contributed by atoms with E-state index in [9.17, 15) is 18.0 Å². The zero-order valence-corrected chi connectivity index (χ0v) is 24.2. The van der Waals surface area contributed by atoms with E-state index in [2.05, 4.69) is 66.5 Å². The van der Waals surface area contributed by atoms with Gasteiger partial charge in [-0.3, -0.25) is 4.79 Å². The number of ether oxygens (including phenoxy) is 1. The number of carbonyl (C=O) groups is 1. The molecule has 0 aromatic heterocycles. The van der Waals surface area contributed by atoms with E-state index in [0.717, 1.165) is 49.1 Å². The Hall–Kier alpha value is -3.58. The van der Waals surface area contributed by atoms with E-state index >= 15 is 0 Å². The lowest BCUT2D eigenvalue weighted by atomic mass is 9.93. The molecule has 1 heterocycles. The van der Waals surface area contributed by atoms with Gasteiger partial charge in [-0.15, -0.1) is 0 Å². The highest BCUT2D eigenvalue weighted by atomic mass is 19.1. The summed E-state index contributed by atoms with van der Waals surface area (Å²) in [4.78, 5) is 16.5. The normalized spacial score (nSPS) is 19.7. The Kier molecular flexibility index (Phi) is 8.13. The molecule has 2 aliphatic carbocycles. The molecular formula is C35H37F3N2O2. The third kappa shape index (κ3) is 5.84. The third-order valence-corrected chi connectivity index (χ3v) is 9.16. The first-order valence-electron chi connectivity index (χ1n) is 15.0. The fourth-order valence-corrected chi connectivity index (χ4v) is 6.51. The van der Waals surface area contributed by atoms with Crippen LogP contribution in [0.5, 0.6) is 5.75 Å². The maximum Gasteiger partial charge on any atom is 0.250 e. The van der Waals surface area contributed by atoms with Crippen LogP contribution in [0.25, 0.3) is 5.57 Å². The molecular weight excluding hydrogens is 537 g/mol. The Balaban J connectivity index is 1.17. The number of benzene rings is 3. The van der Waals surface area contributed by atoms with Crippen molar-refractivity contribution in [1.82, 2.24) is 10.2 Å². The Morgan fingerprint density at radius 3 is 2.45 bits per heavy atom. The van der Waals surface area contributed by atoms with Gasteiger partial charge >= 0.3 is 0 Å². The van der Waals surface area contributed by atoms with Crippen LogP contribution < -0.4 is 10.1 Å². The summed E-state index contributed by atoms with van der Waals surface area (Å²) in [6, 6.07) is 16.2. The largest absolute Gasteiger partial charge is 0.488 e. The third-order valence-electron chi connectivity index (χ3n) is 9.16. The predicted molar refractivity (Wildman–Crippen MR) is 157 cm³/mol. The van der Waals surface area contributed by atoms with Crippen molar-refractivity contribution in [2.24, 2.45) is 11.8 Å². The van der Waals surface area contributed by atoms with Gasteiger partial charge in [-0.05, 0) is 91.8 Å². The van der Waals surface area contributed by atoms with Gasteiger partial charge in [0.25, 0.3) is 5.91 Å². The number of halogens is 3. The van der Waals surface area contributed by atoms with Crippen LogP contribution in [0.4, 0.5) is 13.2 Å². The van der Waals surface area contributed by atoms with Crippen LogP contribution in [-0.4, -0.2) is 36.5 Å². The molecule has 3 aliphatic rings. The van der Waals surface area contributed by atoms with Crippen LogP contribution in [0, 0.1) is 43.1 Å². The van der Waals surface area contributed by atoms with Crippen LogP contribution in [0.3, 0.4) is 0 Å². The quantitative estimate of drug-likeness (QED) is 0.268. The standard InChI is InChI=1S/C35H37F3N2O2/c1-21-5-3-7-25(22(21)2)20-40(28-12-13-28)35(41)33-29(15-26-18-39-19-30(26)33)24-10-8-23(9-11-24)6-4-14-42-34-31(37)16-27(36)17-32(34)38/h3,5,7-11,16-17,26,28,30,39H,4,6,12-15,18-20H2,1-2H3/t26-,30+/m0/s1. The Morgan fingerprint density at radius 2 is 1.74 bits per heavy atom. The van der Waals surface area contributed by atoms with Gasteiger partial charge in [-0.1, -0.05) is 42.5 Å². The minimum Gasteiger partial charge on any atom is -0.488 e. The van der Waals surface area contributed by atoms with Crippen molar-refractivity contribution < 1.29 is 22.7 Å². The number of hydrogen-bond acceptors (Lipinski definition) is 3. The average molecular weight is 575 g/mol. The second kappa shape index (κ2) is 12.0. The second-order valence-corrected chi connectivity index (χ2v) is 12.0. The van der Waals surface area contributed by atoms with Gasteiger partial charge in [0.05, 0.1) is 6.61 Å². The highest BCUT2D eigenvalue weighted by Gasteiger charge is 2.44. The van der Waals surface area contributed by atoms with Crippen molar-refractivity contribution >= 4 is 11.5 Å². The Labute approximate surface area is 245 Å². The van der Waals surface area contributed by atoms with E-state index in [-0.39, 0.29) is 18.4 Å². The van der Waals surface area contributed by atoms with Gasteiger partial charge in [0.15, 0.2) is 17.4 Å². The summed E-state index contributed by atoms with van der Waals surface area (Å²) in [5.74, 6) is -2.74. The molecule has 0 unspecified atom stereocenters. The van der Waals surface area contributed by atoms with E-state index in [0.29, 0.717) is 43.5 Å². The predicted octanol–water partition coefficient (Wildman–Crippen LogP) is 6.92. The first-order valence-corrected chi connectivity index (χ1v) is 15.0. The lowest BCUT2D eigenvalue weighted by Gasteiger charge is -2.27. The average Bonchev–Trinajstić information content (AvgIpc) is 3.59. The van der Waals surface area contributed by atoms with E-state index in [1.807, 2.05) is 0 Å². The van der Waals surface area contributed by atoms with Gasteiger partial charge in [-0.25, -0.2) is 13.2 Å². The first kappa shape index (κ1) is 28.5. The summed E-state index contributed by atoms with van der Waals surface area (Å²) in [6.07, 6.45) is 4.22. The van der Waals surface area contributed by atoms with Crippen molar-refractivity contribution in [1.29, 1.82) is 0 Å². The minimum absolute atomic E-state index is 0.110. The van der Waals surface area contributed by atoms with Crippen molar-refractivity contribution in [3.05, 3.63) is 105 Å². The van der Waals surface area contributed by atoms with Gasteiger partial charge in [0, 0.05) is 42.8 Å². The number of rotatable bonds is 10. The fraction of sp³-hybridized carbons (Fsp3) is 0.400. The fourth-order valence-electron chi connectivity index (χ4n) is 6.51. The molecule has 3 aromatic carbocycles. The Morgan fingerprint density at radius 1 is 1.00 bits per heavy atom. The molecule has 3 aromatic rings. The lowest BCUT2D eigenvalue weighted by molar-refractivity contribution is -0.128. The van der Waals surface area contributed by atoms with E-state index in [1.165, 1.54) is 22.3 Å². The smallest absolute Gasteiger partial charge is 0.250 e. The molecule has 42 heavy (non-hydrogen) atoms. The monoisotopic (exact) mass is 574 g/mol. The molecule has 0 bridgehead atoms. The van der Waals surface area contributed by atoms with Crippen LogP contribution in [0.15, 0.2) is 60.2 Å². The lowest BCUT2D eigenvalue weighted by Crippen LogP contribution is -2.36. The maximum atomic E-state index is 14.3. The van der Waals surface area contributed by atoms with E-state index in [4.69, 9.17) is 4.74 Å². The highest BCUT2D eigenvalue weighted by molar-refractivity contribution is 6.03. The second-order valence-electron chi connectivity index (χ2n) is 12.0. The molecule has 6 rings (SSSR count). The maximum absolute atomic E-state index is 14.3. The van der Waals surface area contributed by atoms with Gasteiger partial charge < -0.3 is 15.0 Å². The topological polar surface area (TPSA) is 41.6 Å². The molecule has 0 radical (unpaired) electrons. The SMILES string of the molecule is Cc1cccc(CN(C(=O)C2=C(c3ccc(CCCOc4c(F)cc(F)cc4F)cc3)C[C@H]3CNC[C@@H]23)C2CC2)c1C. The van der Waals surface area contributed by atoms with Crippen molar-refractivity contribution in [3.63, 3.8) is 0 Å². The molecule has 2 fully saturated rings. The number of allylic oxidation sites excluding steroid dienone is 1. The summed E-state index contributed by atoms with van der Waals surface area (Å²) in [7, 11) is 0. The number of fused-ring (bicyclic) bond motifs is 1. The number of aryl methyl sites for hydroxylation is 2. The highest BCUT2D eigenvalue weighted by Crippen LogP contribution is 2.46. The molecule has 0 spiro atoms. The summed E-state index contributed by atoms with van der Waals surface area (Å²) in [5.41, 5.74) is 8.03. The summed E-state index contributed by atoms with van der Waals surface area (Å²) in [5, 5.41) is 3.51. The van der Waals surface area contributed by atoms with Crippen LogP contribution in [-0.2, 0) is 17.8 Å². The summed E-state index contributed by atoms with van der Waals surface area (Å²) < 4.78 is 46.0. The van der Waals surface area contributed by atoms with Gasteiger partial charge in [-0.2, -0.15) is 0 Å². The number of amides is 1. The van der Waals surface area contributed by atoms with Crippen LogP contribution in [0.1, 0.15) is 53.5 Å². The minimum atomic E-state index is -1.04. The summed E-state index contributed by atoms with van der Waals surface area (Å²) >= 11 is 0. The molecule has 1 saturated carbocycles. The van der Waals surface area contributed by atoms with Crippen LogP contribution in [0.2, 0.25) is 0 Å². The molecule has 220 valence electrons. The molecule has 1 aliphatic heterocycles. The first-order chi connectivity index (χ1) is 20.3. The number of nitrogens with one attached hydrogen (secondary N) is 1. The zero-order chi connectivity index (χ0) is 29.4. The Bertz CT molecular complexity index is 1490. The molecule has 1 saturated heterocycles. The van der Waals surface area contributed by atoms with E-state index in [1.54, 1.807) is 0 Å². The number of carbonyl (C=O) groups excluding carboxylic acids is 1. The molecule has 4 nitrogen and oxygen atoms in total. The molecule has 1 N–H and O–H groups in total. The summed E-state index contributed by atoms with van der Waals surface area (Å²) in [6.45, 7) is 6.79. The molecule has 7 heteroatoms. The van der Waals surface area contributed by atoms with Gasteiger partial charge in [0.2, 0.25) is 0 Å². The van der Waals surface area contributed by atoms with Gasteiger partial charge in [0.1, 0.15) is 5.82 Å². The van der Waals surface area contributed by atoms with Crippen molar-refractivity contribution in [2.45, 2.75) is 58.5 Å². The molecule has 1 amide bonds. The zero-order valence-electron chi connectivity index (χ0n) is 24.2. The number of hydrogen-bond donors (Lipinski definition) is 1. The molecule has 2 atom stereocenters. The van der Waals surface area contributed by atoms with Crippen molar-refractivity contribution in [3.8, 4) is 5.75 Å². The number of nitrogens with zero attached hydrogens (tertiary/aromatic N) is 1. The van der Waals surface area contributed by atoms with E-state index < -0.39 is 23.2 Å².